The standard InChI is InChI=1S/C9H15BrN2O/c10-8-2-1-3-12(4-8)9(5-11)6-13-7-9/h2H,1,3-7,11H2. The molecular formula is C9H15BrN2O. The highest BCUT2D eigenvalue weighted by Gasteiger charge is 2.43. The van der Waals surface area contributed by atoms with Crippen molar-refractivity contribution in [1.82, 2.24) is 4.90 Å². The molecule has 2 heterocycles. The molecule has 13 heavy (non-hydrogen) atoms. The Bertz CT molecular complexity index is 220. The van der Waals surface area contributed by atoms with Crippen LogP contribution < -0.4 is 5.73 Å². The maximum Gasteiger partial charge on any atom is 0.0805 e. The van der Waals surface area contributed by atoms with Crippen molar-refractivity contribution in [2.75, 3.05) is 32.8 Å². The van der Waals surface area contributed by atoms with Gasteiger partial charge < -0.3 is 10.5 Å². The lowest BCUT2D eigenvalue weighted by atomic mass is 9.93. The molecule has 74 valence electrons. The molecule has 4 heteroatoms. The molecule has 1 fully saturated rings. The van der Waals surface area contributed by atoms with Crippen molar-refractivity contribution in [3.8, 4) is 0 Å². The highest BCUT2D eigenvalue weighted by atomic mass is 79.9. The minimum Gasteiger partial charge on any atom is -0.377 e. The monoisotopic (exact) mass is 246 g/mol. The van der Waals surface area contributed by atoms with Crippen LogP contribution in [0, 0.1) is 0 Å². The van der Waals surface area contributed by atoms with Crippen molar-refractivity contribution in [1.29, 1.82) is 0 Å². The van der Waals surface area contributed by atoms with E-state index in [4.69, 9.17) is 10.5 Å². The molecule has 0 aromatic rings. The Hall–Kier alpha value is 0.1000. The molecule has 2 rings (SSSR count). The molecule has 0 aromatic carbocycles. The van der Waals surface area contributed by atoms with Crippen LogP contribution in [0.1, 0.15) is 6.42 Å². The minimum absolute atomic E-state index is 0.132. The number of halogens is 1. The second-order valence-electron chi connectivity index (χ2n) is 3.78. The van der Waals surface area contributed by atoms with E-state index in [-0.39, 0.29) is 5.54 Å². The average molecular weight is 247 g/mol. The van der Waals surface area contributed by atoms with Gasteiger partial charge in [0.25, 0.3) is 0 Å². The summed E-state index contributed by atoms with van der Waals surface area (Å²) in [5, 5.41) is 0. The fraction of sp³-hybridized carbons (Fsp3) is 0.778. The first kappa shape index (κ1) is 9.65. The van der Waals surface area contributed by atoms with Gasteiger partial charge in [0.2, 0.25) is 0 Å². The maximum atomic E-state index is 5.79. The lowest BCUT2D eigenvalue weighted by molar-refractivity contribution is -0.132. The zero-order valence-corrected chi connectivity index (χ0v) is 9.22. The van der Waals surface area contributed by atoms with E-state index in [1.54, 1.807) is 0 Å². The molecule has 2 aliphatic rings. The van der Waals surface area contributed by atoms with Crippen LogP contribution in [0.3, 0.4) is 0 Å². The topological polar surface area (TPSA) is 38.5 Å². The van der Waals surface area contributed by atoms with Crippen LogP contribution >= 0.6 is 15.9 Å². The van der Waals surface area contributed by atoms with Crippen molar-refractivity contribution in [2.45, 2.75) is 12.0 Å². The summed E-state index contributed by atoms with van der Waals surface area (Å²) in [4.78, 5) is 2.43. The molecule has 0 amide bonds. The summed E-state index contributed by atoms with van der Waals surface area (Å²) in [6.07, 6.45) is 3.35. The van der Waals surface area contributed by atoms with Gasteiger partial charge in [0.05, 0.1) is 18.8 Å². The van der Waals surface area contributed by atoms with E-state index in [0.29, 0.717) is 6.54 Å². The predicted molar refractivity (Wildman–Crippen MR) is 55.8 cm³/mol. The number of hydrogen-bond acceptors (Lipinski definition) is 3. The third-order valence-corrected chi connectivity index (χ3v) is 3.47. The van der Waals surface area contributed by atoms with Crippen LogP contribution in [-0.4, -0.2) is 43.3 Å². The van der Waals surface area contributed by atoms with Gasteiger partial charge in [-0.05, 0) is 6.42 Å². The normalized spacial score (nSPS) is 28.0. The van der Waals surface area contributed by atoms with Gasteiger partial charge in [-0.2, -0.15) is 0 Å². The first-order valence-electron chi connectivity index (χ1n) is 4.64. The van der Waals surface area contributed by atoms with Crippen LogP contribution in [0.4, 0.5) is 0 Å². The number of rotatable bonds is 2. The van der Waals surface area contributed by atoms with Gasteiger partial charge in [0, 0.05) is 24.1 Å². The van der Waals surface area contributed by atoms with E-state index in [1.807, 2.05) is 0 Å². The van der Waals surface area contributed by atoms with E-state index in [9.17, 15) is 0 Å². The molecule has 2 aliphatic heterocycles. The Morgan fingerprint density at radius 1 is 1.62 bits per heavy atom. The van der Waals surface area contributed by atoms with E-state index in [1.165, 1.54) is 4.48 Å². The summed E-state index contributed by atoms with van der Waals surface area (Å²) in [6, 6.07) is 0. The van der Waals surface area contributed by atoms with Gasteiger partial charge in [-0.3, -0.25) is 4.90 Å². The fourth-order valence-corrected chi connectivity index (χ4v) is 2.41. The Labute approximate surface area is 87.0 Å². The first-order valence-corrected chi connectivity index (χ1v) is 5.43. The summed E-state index contributed by atoms with van der Waals surface area (Å²) >= 11 is 3.54. The molecular weight excluding hydrogens is 232 g/mol. The van der Waals surface area contributed by atoms with Crippen molar-refractivity contribution >= 4 is 15.9 Å². The lowest BCUT2D eigenvalue weighted by Gasteiger charge is -2.50. The quantitative estimate of drug-likeness (QED) is 0.780. The highest BCUT2D eigenvalue weighted by molar-refractivity contribution is 9.11. The van der Waals surface area contributed by atoms with Gasteiger partial charge in [0.15, 0.2) is 0 Å². The molecule has 0 bridgehead atoms. The number of ether oxygens (including phenoxy) is 1. The third-order valence-electron chi connectivity index (χ3n) is 2.90. The first-order chi connectivity index (χ1) is 6.27. The molecule has 0 atom stereocenters. The summed E-state index contributed by atoms with van der Waals surface area (Å²) in [7, 11) is 0. The summed E-state index contributed by atoms with van der Waals surface area (Å²) in [5.41, 5.74) is 5.92. The van der Waals surface area contributed by atoms with E-state index in [2.05, 4.69) is 26.9 Å². The molecule has 0 aromatic heterocycles. The van der Waals surface area contributed by atoms with Crippen LogP contribution in [0.25, 0.3) is 0 Å². The van der Waals surface area contributed by atoms with Gasteiger partial charge in [-0.15, -0.1) is 0 Å². The van der Waals surface area contributed by atoms with Gasteiger partial charge in [-0.25, -0.2) is 0 Å². The van der Waals surface area contributed by atoms with Crippen LogP contribution in [-0.2, 0) is 4.74 Å². The molecule has 0 radical (unpaired) electrons. The Morgan fingerprint density at radius 3 is 2.85 bits per heavy atom. The van der Waals surface area contributed by atoms with E-state index >= 15 is 0 Å². The fourth-order valence-electron chi connectivity index (χ4n) is 1.88. The van der Waals surface area contributed by atoms with Crippen molar-refractivity contribution in [2.24, 2.45) is 5.73 Å². The molecule has 3 nitrogen and oxygen atoms in total. The Balaban J connectivity index is 2.03. The third kappa shape index (κ3) is 1.68. The smallest absolute Gasteiger partial charge is 0.0805 e. The zero-order chi connectivity index (χ0) is 9.31. The van der Waals surface area contributed by atoms with Crippen molar-refractivity contribution in [3.05, 3.63) is 10.6 Å². The van der Waals surface area contributed by atoms with Crippen molar-refractivity contribution < 1.29 is 4.74 Å². The number of hydrogen-bond donors (Lipinski definition) is 1. The van der Waals surface area contributed by atoms with Gasteiger partial charge in [-0.1, -0.05) is 22.0 Å². The van der Waals surface area contributed by atoms with Crippen molar-refractivity contribution in [3.63, 3.8) is 0 Å². The summed E-state index contributed by atoms with van der Waals surface area (Å²) < 4.78 is 6.54. The Morgan fingerprint density at radius 2 is 2.38 bits per heavy atom. The van der Waals surface area contributed by atoms with Crippen LogP contribution in [0.5, 0.6) is 0 Å². The van der Waals surface area contributed by atoms with Crippen LogP contribution in [0.2, 0.25) is 0 Å². The molecule has 0 aliphatic carbocycles. The Kier molecular flexibility index (Phi) is 2.74. The molecule has 0 unspecified atom stereocenters. The molecule has 2 N–H and O–H groups in total. The van der Waals surface area contributed by atoms with Gasteiger partial charge >= 0.3 is 0 Å². The second kappa shape index (κ2) is 3.69. The molecule has 0 saturated carbocycles. The zero-order valence-electron chi connectivity index (χ0n) is 7.63. The SMILES string of the molecule is NCC1(N2CCC=C(Br)C2)COC1. The molecule has 0 spiro atoms. The number of nitrogens with zero attached hydrogens (tertiary/aromatic N) is 1. The largest absolute Gasteiger partial charge is 0.377 e. The summed E-state index contributed by atoms with van der Waals surface area (Å²) in [5.74, 6) is 0. The highest BCUT2D eigenvalue weighted by Crippen LogP contribution is 2.28. The van der Waals surface area contributed by atoms with E-state index in [0.717, 1.165) is 32.7 Å². The molecule has 1 saturated heterocycles. The lowest BCUT2D eigenvalue weighted by Crippen LogP contribution is -2.67. The van der Waals surface area contributed by atoms with Gasteiger partial charge in [0.1, 0.15) is 0 Å². The van der Waals surface area contributed by atoms with E-state index < -0.39 is 0 Å². The van der Waals surface area contributed by atoms with Crippen LogP contribution in [0.15, 0.2) is 10.6 Å². The predicted octanol–water partition coefficient (Wildman–Crippen LogP) is 0.699. The average Bonchev–Trinajstić information content (AvgIpc) is 2.03. The minimum atomic E-state index is 0.132. The maximum absolute atomic E-state index is 5.79. The summed E-state index contributed by atoms with van der Waals surface area (Å²) in [6.45, 7) is 4.39. The number of nitrogens with two attached hydrogens (primary N) is 1. The second-order valence-corrected chi connectivity index (χ2v) is 4.80.